The van der Waals surface area contributed by atoms with E-state index in [0.29, 0.717) is 12.1 Å². The highest BCUT2D eigenvalue weighted by atomic mass is 79.9. The minimum absolute atomic E-state index is 0.613. The molecule has 1 fully saturated rings. The van der Waals surface area contributed by atoms with Crippen LogP contribution in [0.3, 0.4) is 0 Å². The number of halogens is 1. The highest BCUT2D eigenvalue weighted by molar-refractivity contribution is 9.10. The normalized spacial score (nSPS) is 23.8. The van der Waals surface area contributed by atoms with E-state index < -0.39 is 0 Å². The van der Waals surface area contributed by atoms with Crippen LogP contribution in [0.25, 0.3) is 0 Å². The van der Waals surface area contributed by atoms with Crippen molar-refractivity contribution in [2.24, 2.45) is 0 Å². The van der Waals surface area contributed by atoms with E-state index in [2.05, 4.69) is 52.1 Å². The molecule has 2 rings (SSSR count). The highest BCUT2D eigenvalue weighted by Gasteiger charge is 2.26. The summed E-state index contributed by atoms with van der Waals surface area (Å²) in [6, 6.07) is 7.45. The van der Waals surface area contributed by atoms with E-state index in [0.717, 1.165) is 25.4 Å². The fourth-order valence-electron chi connectivity index (χ4n) is 2.82. The second-order valence-corrected chi connectivity index (χ2v) is 6.32. The fraction of sp³-hybridized carbons (Fsp3) is 0.625. The lowest BCUT2D eigenvalue weighted by Crippen LogP contribution is -2.55. The molecule has 2 unspecified atom stereocenters. The molecule has 0 saturated carbocycles. The third-order valence-electron chi connectivity index (χ3n) is 4.20. The number of hydrogen-bond donors (Lipinski definition) is 1. The van der Waals surface area contributed by atoms with Gasteiger partial charge in [0.25, 0.3) is 0 Å². The van der Waals surface area contributed by atoms with Crippen molar-refractivity contribution in [1.29, 1.82) is 0 Å². The summed E-state index contributed by atoms with van der Waals surface area (Å²) in [5.41, 5.74) is 1.31. The largest absolute Gasteiger partial charge is 0.497 e. The standard InChI is InChI=1S/C16H25BrN2O/c1-4-13-11-19(14(5-2)9-18-13)10-12-8-15(20-3)6-7-16(12)17/h6-8,13-14,18H,4-5,9-11H2,1-3H3. The Bertz CT molecular complexity index is 438. The average Bonchev–Trinajstić information content (AvgIpc) is 2.49. The molecule has 1 N–H and O–H groups in total. The summed E-state index contributed by atoms with van der Waals surface area (Å²) in [5, 5.41) is 3.64. The topological polar surface area (TPSA) is 24.5 Å². The number of nitrogens with one attached hydrogen (secondary N) is 1. The van der Waals surface area contributed by atoms with Crippen LogP contribution in [0, 0.1) is 0 Å². The van der Waals surface area contributed by atoms with E-state index in [9.17, 15) is 0 Å². The van der Waals surface area contributed by atoms with Gasteiger partial charge in [-0.15, -0.1) is 0 Å². The Balaban J connectivity index is 2.13. The molecule has 20 heavy (non-hydrogen) atoms. The van der Waals surface area contributed by atoms with E-state index in [1.54, 1.807) is 7.11 Å². The fourth-order valence-corrected chi connectivity index (χ4v) is 3.19. The van der Waals surface area contributed by atoms with Crippen molar-refractivity contribution in [1.82, 2.24) is 10.2 Å². The molecule has 0 amide bonds. The van der Waals surface area contributed by atoms with Crippen LogP contribution in [0.1, 0.15) is 32.3 Å². The summed E-state index contributed by atoms with van der Waals surface area (Å²) < 4.78 is 6.51. The van der Waals surface area contributed by atoms with Gasteiger partial charge >= 0.3 is 0 Å². The molecule has 2 atom stereocenters. The molecule has 0 aromatic heterocycles. The smallest absolute Gasteiger partial charge is 0.119 e. The van der Waals surface area contributed by atoms with Crippen LogP contribution in [0.4, 0.5) is 0 Å². The maximum atomic E-state index is 5.34. The quantitative estimate of drug-likeness (QED) is 0.888. The molecule has 0 radical (unpaired) electrons. The summed E-state index contributed by atoms with van der Waals surface area (Å²) in [4.78, 5) is 2.60. The van der Waals surface area contributed by atoms with Gasteiger partial charge in [0.05, 0.1) is 7.11 Å². The molecule has 0 spiro atoms. The summed E-state index contributed by atoms with van der Waals surface area (Å²) in [7, 11) is 1.72. The number of methoxy groups -OCH3 is 1. The van der Waals surface area contributed by atoms with Crippen LogP contribution in [0.5, 0.6) is 5.75 Å². The zero-order valence-electron chi connectivity index (χ0n) is 12.7. The summed E-state index contributed by atoms with van der Waals surface area (Å²) in [6.07, 6.45) is 2.37. The molecule has 1 aliphatic rings. The number of rotatable bonds is 5. The first kappa shape index (κ1) is 15.8. The Morgan fingerprint density at radius 3 is 2.80 bits per heavy atom. The van der Waals surface area contributed by atoms with E-state index in [1.165, 1.54) is 22.9 Å². The number of hydrogen-bond acceptors (Lipinski definition) is 3. The Morgan fingerprint density at radius 2 is 2.15 bits per heavy atom. The maximum Gasteiger partial charge on any atom is 0.119 e. The lowest BCUT2D eigenvalue weighted by molar-refractivity contribution is 0.117. The van der Waals surface area contributed by atoms with Gasteiger partial charge in [-0.1, -0.05) is 29.8 Å². The molecule has 0 aliphatic carbocycles. The first-order valence-corrected chi connectivity index (χ1v) is 8.27. The lowest BCUT2D eigenvalue weighted by atomic mass is 10.0. The van der Waals surface area contributed by atoms with Crippen molar-refractivity contribution in [2.75, 3.05) is 20.2 Å². The van der Waals surface area contributed by atoms with E-state index in [4.69, 9.17) is 4.74 Å². The van der Waals surface area contributed by atoms with Crippen LogP contribution in [-0.4, -0.2) is 37.2 Å². The van der Waals surface area contributed by atoms with E-state index >= 15 is 0 Å². The second-order valence-electron chi connectivity index (χ2n) is 5.46. The zero-order valence-corrected chi connectivity index (χ0v) is 14.2. The Kier molecular flexibility index (Phi) is 5.87. The Hall–Kier alpha value is -0.580. The van der Waals surface area contributed by atoms with Crippen LogP contribution >= 0.6 is 15.9 Å². The molecular weight excluding hydrogens is 316 g/mol. The van der Waals surface area contributed by atoms with Crippen molar-refractivity contribution in [2.45, 2.75) is 45.3 Å². The predicted molar refractivity (Wildman–Crippen MR) is 87.3 cm³/mol. The molecule has 1 aromatic rings. The van der Waals surface area contributed by atoms with E-state index in [1.807, 2.05) is 6.07 Å². The van der Waals surface area contributed by atoms with Gasteiger partial charge in [-0.05, 0) is 36.6 Å². The maximum absolute atomic E-state index is 5.34. The summed E-state index contributed by atoms with van der Waals surface area (Å²) >= 11 is 3.66. The molecule has 1 saturated heterocycles. The molecule has 4 heteroatoms. The molecule has 3 nitrogen and oxygen atoms in total. The van der Waals surface area contributed by atoms with Gasteiger partial charge in [-0.3, -0.25) is 4.90 Å². The van der Waals surface area contributed by atoms with Gasteiger partial charge < -0.3 is 10.1 Å². The van der Waals surface area contributed by atoms with Crippen molar-refractivity contribution < 1.29 is 4.74 Å². The van der Waals surface area contributed by atoms with Gasteiger partial charge in [0.15, 0.2) is 0 Å². The first-order chi connectivity index (χ1) is 9.67. The number of nitrogens with zero attached hydrogens (tertiary/aromatic N) is 1. The Morgan fingerprint density at radius 1 is 1.35 bits per heavy atom. The van der Waals surface area contributed by atoms with Crippen molar-refractivity contribution in [3.63, 3.8) is 0 Å². The summed E-state index contributed by atoms with van der Waals surface area (Å²) in [5.74, 6) is 0.929. The van der Waals surface area contributed by atoms with E-state index in [-0.39, 0.29) is 0 Å². The third-order valence-corrected chi connectivity index (χ3v) is 4.98. The van der Waals surface area contributed by atoms with Crippen molar-refractivity contribution in [3.8, 4) is 5.75 Å². The zero-order chi connectivity index (χ0) is 14.5. The summed E-state index contributed by atoms with van der Waals surface area (Å²) in [6.45, 7) is 7.72. The Labute approximate surface area is 130 Å². The first-order valence-electron chi connectivity index (χ1n) is 7.47. The minimum atomic E-state index is 0.613. The number of benzene rings is 1. The van der Waals surface area contributed by atoms with Crippen molar-refractivity contribution >= 4 is 15.9 Å². The van der Waals surface area contributed by atoms with Gasteiger partial charge in [0, 0.05) is 36.2 Å². The van der Waals surface area contributed by atoms with Gasteiger partial charge in [0.1, 0.15) is 5.75 Å². The van der Waals surface area contributed by atoms with Crippen LogP contribution < -0.4 is 10.1 Å². The second kappa shape index (κ2) is 7.43. The molecule has 0 bridgehead atoms. The lowest BCUT2D eigenvalue weighted by Gasteiger charge is -2.40. The molecular formula is C16H25BrN2O. The van der Waals surface area contributed by atoms with Crippen LogP contribution in [0.15, 0.2) is 22.7 Å². The molecule has 1 aromatic carbocycles. The molecule has 1 aliphatic heterocycles. The SMILES string of the molecule is CCC1CN(Cc2cc(OC)ccc2Br)C(CC)CN1. The predicted octanol–water partition coefficient (Wildman–Crippen LogP) is 3.42. The van der Waals surface area contributed by atoms with Gasteiger partial charge in [-0.25, -0.2) is 0 Å². The van der Waals surface area contributed by atoms with Crippen LogP contribution in [-0.2, 0) is 6.54 Å². The molecule has 1 heterocycles. The number of piperazine rings is 1. The van der Waals surface area contributed by atoms with Crippen LogP contribution in [0.2, 0.25) is 0 Å². The third kappa shape index (κ3) is 3.74. The highest BCUT2D eigenvalue weighted by Crippen LogP contribution is 2.25. The monoisotopic (exact) mass is 340 g/mol. The minimum Gasteiger partial charge on any atom is -0.497 e. The molecule has 112 valence electrons. The average molecular weight is 341 g/mol. The van der Waals surface area contributed by atoms with Crippen molar-refractivity contribution in [3.05, 3.63) is 28.2 Å². The van der Waals surface area contributed by atoms with Gasteiger partial charge in [0.2, 0.25) is 0 Å². The van der Waals surface area contributed by atoms with Gasteiger partial charge in [-0.2, -0.15) is 0 Å². The number of ether oxygens (including phenoxy) is 1.